The first-order valence-corrected chi connectivity index (χ1v) is 9.24. The van der Waals surface area contributed by atoms with E-state index in [2.05, 4.69) is 16.8 Å². The van der Waals surface area contributed by atoms with Gasteiger partial charge in [-0.1, -0.05) is 35.7 Å². The van der Waals surface area contributed by atoms with Gasteiger partial charge in [-0.2, -0.15) is 0 Å². The Bertz CT molecular complexity index is 1100. The molecule has 0 unspecified atom stereocenters. The molecule has 0 saturated heterocycles. The van der Waals surface area contributed by atoms with E-state index in [1.165, 1.54) is 32.2 Å². The Kier molecular flexibility index (Phi) is 4.33. The van der Waals surface area contributed by atoms with Crippen LogP contribution in [-0.4, -0.2) is 28.1 Å². The molecule has 7 heteroatoms. The summed E-state index contributed by atoms with van der Waals surface area (Å²) in [5, 5.41) is 10.7. The molecule has 25 heavy (non-hydrogen) atoms. The van der Waals surface area contributed by atoms with Crippen molar-refractivity contribution in [2.45, 2.75) is 24.3 Å². The third kappa shape index (κ3) is 3.40. The van der Waals surface area contributed by atoms with E-state index in [4.69, 9.17) is 11.6 Å². The molecule has 2 heterocycles. The molecule has 3 aromatic rings. The van der Waals surface area contributed by atoms with Crippen molar-refractivity contribution in [1.82, 2.24) is 8.96 Å². The van der Waals surface area contributed by atoms with Crippen molar-refractivity contribution in [3.05, 3.63) is 59.4 Å². The van der Waals surface area contributed by atoms with E-state index < -0.39 is 15.6 Å². The lowest BCUT2D eigenvalue weighted by atomic mass is 10.1. The molecular weight excluding hydrogens is 360 g/mol. The molecular formula is C18H15ClN2O3S. The topological polar surface area (TPSA) is 72.2 Å². The Balaban J connectivity index is 2.36. The summed E-state index contributed by atoms with van der Waals surface area (Å²) in [6.07, 6.45) is 1.44. The molecule has 1 aromatic carbocycles. The van der Waals surface area contributed by atoms with Crippen LogP contribution in [0.25, 0.3) is 11.0 Å². The maximum atomic E-state index is 13.1. The van der Waals surface area contributed by atoms with Crippen molar-refractivity contribution in [3.8, 4) is 11.8 Å². The lowest BCUT2D eigenvalue weighted by molar-refractivity contribution is 0.143. The van der Waals surface area contributed by atoms with Crippen molar-refractivity contribution in [2.24, 2.45) is 0 Å². The number of hydrogen-bond donors (Lipinski definition) is 1. The molecule has 0 aliphatic heterocycles. The highest BCUT2D eigenvalue weighted by molar-refractivity contribution is 7.90. The molecule has 0 fully saturated rings. The number of fused-ring (bicyclic) bond motifs is 1. The molecule has 0 spiro atoms. The Morgan fingerprint density at radius 3 is 2.52 bits per heavy atom. The number of hydrogen-bond acceptors (Lipinski definition) is 4. The van der Waals surface area contributed by atoms with Gasteiger partial charge >= 0.3 is 0 Å². The van der Waals surface area contributed by atoms with Gasteiger partial charge < -0.3 is 5.11 Å². The van der Waals surface area contributed by atoms with Crippen LogP contribution in [-0.2, 0) is 10.0 Å². The second-order valence-corrected chi connectivity index (χ2v) is 8.15. The van der Waals surface area contributed by atoms with Crippen LogP contribution >= 0.6 is 11.6 Å². The largest absolute Gasteiger partial charge is 0.378 e. The van der Waals surface area contributed by atoms with Gasteiger partial charge in [-0.25, -0.2) is 17.4 Å². The van der Waals surface area contributed by atoms with Gasteiger partial charge in [0.05, 0.1) is 9.92 Å². The summed E-state index contributed by atoms with van der Waals surface area (Å²) in [6.45, 7) is 3.04. The monoisotopic (exact) mass is 374 g/mol. The number of halogens is 1. The number of nitrogens with zero attached hydrogens (tertiary/aromatic N) is 2. The fourth-order valence-corrected chi connectivity index (χ4v) is 3.93. The molecule has 0 aliphatic carbocycles. The molecule has 3 rings (SSSR count). The average Bonchev–Trinajstić information content (AvgIpc) is 2.94. The summed E-state index contributed by atoms with van der Waals surface area (Å²) in [5.41, 5.74) is -0.896. The highest BCUT2D eigenvalue weighted by atomic mass is 35.5. The zero-order chi connectivity index (χ0) is 18.2. The van der Waals surface area contributed by atoms with Crippen molar-refractivity contribution in [2.75, 3.05) is 0 Å². The van der Waals surface area contributed by atoms with Crippen LogP contribution in [0.15, 0.2) is 53.6 Å². The molecule has 0 radical (unpaired) electrons. The van der Waals surface area contributed by atoms with Crippen molar-refractivity contribution in [3.63, 3.8) is 0 Å². The zero-order valence-corrected chi connectivity index (χ0v) is 15.1. The van der Waals surface area contributed by atoms with E-state index in [1.807, 2.05) is 0 Å². The smallest absolute Gasteiger partial charge is 0.270 e. The second-order valence-electron chi connectivity index (χ2n) is 5.95. The van der Waals surface area contributed by atoms with Crippen LogP contribution in [0, 0.1) is 11.8 Å². The summed E-state index contributed by atoms with van der Waals surface area (Å²) >= 11 is 6.18. The van der Waals surface area contributed by atoms with Gasteiger partial charge in [0.2, 0.25) is 0 Å². The standard InChI is InChI=1S/C18H15ClN2O3S/c1-18(2,22)10-8-13-12-15-16(19)9-11-20-17(15)21(13)25(23,24)14-6-4-3-5-7-14/h3-7,9,11-12,22H,1-2H3. The first kappa shape index (κ1) is 17.5. The van der Waals surface area contributed by atoms with Crippen LogP contribution in [0.2, 0.25) is 5.02 Å². The third-order valence-electron chi connectivity index (χ3n) is 3.39. The van der Waals surface area contributed by atoms with Gasteiger partial charge in [-0.15, -0.1) is 0 Å². The maximum Gasteiger partial charge on any atom is 0.270 e. The first-order chi connectivity index (χ1) is 11.7. The second kappa shape index (κ2) is 6.19. The van der Waals surface area contributed by atoms with Crippen LogP contribution in [0.5, 0.6) is 0 Å². The Morgan fingerprint density at radius 2 is 1.88 bits per heavy atom. The highest BCUT2D eigenvalue weighted by Gasteiger charge is 2.24. The van der Waals surface area contributed by atoms with Crippen LogP contribution in [0.3, 0.4) is 0 Å². The summed E-state index contributed by atoms with van der Waals surface area (Å²) in [4.78, 5) is 4.28. The molecule has 0 bridgehead atoms. The summed E-state index contributed by atoms with van der Waals surface area (Å²) in [6, 6.07) is 11.2. The van der Waals surface area contributed by atoms with Gasteiger partial charge in [-0.05, 0) is 44.0 Å². The summed E-state index contributed by atoms with van der Waals surface area (Å²) in [5.74, 6) is 5.36. The molecule has 0 saturated carbocycles. The Morgan fingerprint density at radius 1 is 1.20 bits per heavy atom. The molecule has 0 atom stereocenters. The minimum Gasteiger partial charge on any atom is -0.378 e. The number of aliphatic hydroxyl groups is 1. The molecule has 5 nitrogen and oxygen atoms in total. The molecule has 128 valence electrons. The number of rotatable bonds is 2. The quantitative estimate of drug-likeness (QED) is 0.700. The maximum absolute atomic E-state index is 13.1. The first-order valence-electron chi connectivity index (χ1n) is 7.42. The molecule has 0 amide bonds. The minimum atomic E-state index is -3.93. The Hall–Kier alpha value is -2.33. The molecule has 2 aromatic heterocycles. The van der Waals surface area contributed by atoms with E-state index in [-0.39, 0.29) is 16.2 Å². The van der Waals surface area contributed by atoms with E-state index in [0.29, 0.717) is 10.4 Å². The summed E-state index contributed by atoms with van der Waals surface area (Å²) in [7, 11) is -3.93. The lowest BCUT2D eigenvalue weighted by Gasteiger charge is -2.09. The SMILES string of the molecule is CC(C)(O)C#Cc1cc2c(Cl)ccnc2n1S(=O)(=O)c1ccccc1. The number of benzene rings is 1. The fraction of sp³-hybridized carbons (Fsp3) is 0.167. The predicted octanol–water partition coefficient (Wildman–Crippen LogP) is 3.05. The highest BCUT2D eigenvalue weighted by Crippen LogP contribution is 2.28. The average molecular weight is 375 g/mol. The van der Waals surface area contributed by atoms with Gasteiger partial charge in [0.25, 0.3) is 10.0 Å². The molecule has 1 N–H and O–H groups in total. The van der Waals surface area contributed by atoms with Gasteiger partial charge in [0.15, 0.2) is 5.65 Å². The van der Waals surface area contributed by atoms with Crippen molar-refractivity contribution >= 4 is 32.7 Å². The number of aromatic nitrogens is 2. The van der Waals surface area contributed by atoms with Crippen LogP contribution in [0.4, 0.5) is 0 Å². The normalized spacial score (nSPS) is 12.0. The Labute approximate surface area is 150 Å². The van der Waals surface area contributed by atoms with E-state index >= 15 is 0 Å². The van der Waals surface area contributed by atoms with Crippen LogP contribution < -0.4 is 0 Å². The van der Waals surface area contributed by atoms with E-state index in [1.54, 1.807) is 30.3 Å². The van der Waals surface area contributed by atoms with Gasteiger partial charge in [0, 0.05) is 11.6 Å². The van der Waals surface area contributed by atoms with Crippen molar-refractivity contribution in [1.29, 1.82) is 0 Å². The fourth-order valence-electron chi connectivity index (χ4n) is 2.29. The number of pyridine rings is 1. The lowest BCUT2D eigenvalue weighted by Crippen LogP contribution is -2.17. The van der Waals surface area contributed by atoms with E-state index in [0.717, 1.165) is 3.97 Å². The van der Waals surface area contributed by atoms with Crippen molar-refractivity contribution < 1.29 is 13.5 Å². The van der Waals surface area contributed by atoms with Gasteiger partial charge in [-0.3, -0.25) is 0 Å². The van der Waals surface area contributed by atoms with Gasteiger partial charge in [0.1, 0.15) is 11.3 Å². The third-order valence-corrected chi connectivity index (χ3v) is 5.43. The molecule has 0 aliphatic rings. The minimum absolute atomic E-state index is 0.112. The zero-order valence-electron chi connectivity index (χ0n) is 13.6. The van der Waals surface area contributed by atoms with E-state index in [9.17, 15) is 13.5 Å². The van der Waals surface area contributed by atoms with Crippen LogP contribution in [0.1, 0.15) is 19.5 Å². The predicted molar refractivity (Wildman–Crippen MR) is 96.9 cm³/mol. The summed E-state index contributed by atoms with van der Waals surface area (Å²) < 4.78 is 27.3.